The molecule has 1 heterocycles. The van der Waals surface area contributed by atoms with Gasteiger partial charge in [0.15, 0.2) is 0 Å². The van der Waals surface area contributed by atoms with Gasteiger partial charge in [0.05, 0.1) is 19.8 Å². The summed E-state index contributed by atoms with van der Waals surface area (Å²) >= 11 is 0. The number of H-pyrrole nitrogens is 1. The van der Waals surface area contributed by atoms with E-state index in [4.69, 9.17) is 69.5 Å². The quantitative estimate of drug-likeness (QED) is 0.108. The van der Waals surface area contributed by atoms with Crippen LogP contribution in [0.3, 0.4) is 0 Å². The largest absolute Gasteiger partial charge is 0.480 e. The number of aromatic amines is 1. The van der Waals surface area contributed by atoms with Crippen LogP contribution in [0.25, 0.3) is 10.9 Å². The number of aromatic nitrogens is 1. The Bertz CT molecular complexity index is 1220. The monoisotopic (exact) mass is 695 g/mol. The molecule has 5 unspecified atom stereocenters. The third-order valence-electron chi connectivity index (χ3n) is 5.03. The minimum Gasteiger partial charge on any atom is -0.480 e. The Morgan fingerprint density at radius 2 is 1.04 bits per heavy atom. The van der Waals surface area contributed by atoms with E-state index in [2.05, 4.69) is 10.7 Å². The summed E-state index contributed by atoms with van der Waals surface area (Å²) in [5, 5.41) is 65.2. The molecule has 0 radical (unpaired) electrons. The van der Waals surface area contributed by atoms with E-state index >= 15 is 0 Å². The predicted octanol–water partition coefficient (Wildman–Crippen LogP) is -3.59. The number of aliphatic hydroxyl groups is 2. The molecule has 21 N–H and O–H groups in total. The third-order valence-corrected chi connectivity index (χ3v) is 5.03. The van der Waals surface area contributed by atoms with Gasteiger partial charge in [-0.3, -0.25) is 28.8 Å². The average Bonchev–Trinajstić information content (AvgIpc) is 3.43. The number of aliphatic hydroxyl groups excluding tert-OH is 2. The second kappa shape index (κ2) is 28.5. The normalized spacial score (nSPS) is 12.8. The number of fused-ring (bicyclic) bond motifs is 1. The smallest absolute Gasteiger partial charge is 0.322 e. The number of hydrogen-bond acceptors (Lipinski definition) is 14. The highest BCUT2D eigenvalue weighted by Crippen LogP contribution is 2.18. The lowest BCUT2D eigenvalue weighted by Gasteiger charge is -2.07. The standard InChI is InChI=1S/C11H12N2O2.C5H11NO2.2C3H7NO3.C3H7NO2.C2H5NO2/c12-9(11(14)15)5-7-6-13-10-4-2-1-3-8(7)10;1-3(2)4(6)5(7)8;2*4-2(1-5)3(6)7;1-2(4)3(5)6;3-1-2(4)5/h1-4,6,9,13H,5,12H2,(H,14,15);3-4H,6H2,1-2H3,(H,7,8);2*2,5H,1,4H2,(H,6,7);2H,4H2,1H3,(H,5,6);1,3H2,(H,4,5). The molecule has 21 heteroatoms. The molecule has 5 atom stereocenters. The van der Waals surface area contributed by atoms with Crippen LogP contribution in [0.5, 0.6) is 0 Å². The van der Waals surface area contributed by atoms with Crippen LogP contribution < -0.4 is 34.4 Å². The number of nitrogens with two attached hydrogens (primary N) is 6. The zero-order valence-corrected chi connectivity index (χ0v) is 26.7. The first kappa shape index (κ1) is 50.1. The molecule has 0 saturated heterocycles. The van der Waals surface area contributed by atoms with Crippen molar-refractivity contribution in [3.05, 3.63) is 36.0 Å². The zero-order valence-electron chi connectivity index (χ0n) is 26.7. The van der Waals surface area contributed by atoms with Crippen LogP contribution in [0.4, 0.5) is 0 Å². The maximum Gasteiger partial charge on any atom is 0.322 e. The molecule has 0 amide bonds. The Hall–Kier alpha value is -4.74. The van der Waals surface area contributed by atoms with E-state index in [0.717, 1.165) is 16.5 Å². The molecule has 0 saturated carbocycles. The highest BCUT2D eigenvalue weighted by atomic mass is 16.4. The topological polar surface area (TPSA) is 436 Å². The fourth-order valence-electron chi connectivity index (χ4n) is 2.07. The summed E-state index contributed by atoms with van der Waals surface area (Å²) < 4.78 is 0. The lowest BCUT2D eigenvalue weighted by Crippen LogP contribution is -2.34. The summed E-state index contributed by atoms with van der Waals surface area (Å²) in [4.78, 5) is 61.8. The maximum atomic E-state index is 10.6. The minimum atomic E-state index is -1.18. The second-order valence-electron chi connectivity index (χ2n) is 9.60. The molecule has 1 aromatic heterocycles. The van der Waals surface area contributed by atoms with E-state index in [0.29, 0.717) is 6.42 Å². The van der Waals surface area contributed by atoms with Gasteiger partial charge in [-0.05, 0) is 24.5 Å². The summed E-state index contributed by atoms with van der Waals surface area (Å²) in [6.45, 7) is 3.69. The number of carboxylic acids is 6. The van der Waals surface area contributed by atoms with Gasteiger partial charge in [0.1, 0.15) is 30.2 Å². The van der Waals surface area contributed by atoms with Crippen molar-refractivity contribution in [2.75, 3.05) is 19.8 Å². The van der Waals surface area contributed by atoms with Crippen LogP contribution in [0.2, 0.25) is 0 Å². The molecule has 21 nitrogen and oxygen atoms in total. The highest BCUT2D eigenvalue weighted by Gasteiger charge is 2.15. The summed E-state index contributed by atoms with van der Waals surface area (Å²) in [5.74, 6) is -6.17. The van der Waals surface area contributed by atoms with Gasteiger partial charge in [-0.25, -0.2) is 0 Å². The SMILES string of the molecule is CC(C)C(N)C(=O)O.CC(N)C(=O)O.NC(CO)C(=O)O.NC(CO)C(=O)O.NC(Cc1c[nH]c2ccccc12)C(=O)O.NCC(=O)O. The molecule has 0 aliphatic heterocycles. The lowest BCUT2D eigenvalue weighted by atomic mass is 10.1. The average molecular weight is 696 g/mol. The Morgan fingerprint density at radius 3 is 1.27 bits per heavy atom. The maximum absolute atomic E-state index is 10.6. The number of aliphatic carboxylic acids is 6. The predicted molar refractivity (Wildman–Crippen MR) is 171 cm³/mol. The number of nitrogens with one attached hydrogen (secondary N) is 1. The van der Waals surface area contributed by atoms with Crippen LogP contribution in [0.15, 0.2) is 30.5 Å². The van der Waals surface area contributed by atoms with Crippen LogP contribution in [0.1, 0.15) is 26.3 Å². The fraction of sp³-hybridized carbons (Fsp3) is 0.481. The van der Waals surface area contributed by atoms with E-state index < -0.39 is 79.2 Å². The molecule has 0 fully saturated rings. The molecule has 0 spiro atoms. The lowest BCUT2D eigenvalue weighted by molar-refractivity contribution is -0.140. The zero-order chi connectivity index (χ0) is 38.7. The molecule has 1 aromatic carbocycles. The molecule has 0 aliphatic rings. The van der Waals surface area contributed by atoms with Gasteiger partial charge in [0.25, 0.3) is 0 Å². The first-order valence-electron chi connectivity index (χ1n) is 13.6. The van der Waals surface area contributed by atoms with E-state index in [1.807, 2.05) is 30.5 Å². The van der Waals surface area contributed by atoms with E-state index in [9.17, 15) is 28.8 Å². The van der Waals surface area contributed by atoms with Gasteiger partial charge >= 0.3 is 35.8 Å². The number of para-hydroxylation sites is 1. The molecule has 48 heavy (non-hydrogen) atoms. The van der Waals surface area contributed by atoms with Crippen molar-refractivity contribution in [1.29, 1.82) is 0 Å². The van der Waals surface area contributed by atoms with Crippen molar-refractivity contribution in [1.82, 2.24) is 4.98 Å². The number of hydrogen-bond donors (Lipinski definition) is 15. The highest BCUT2D eigenvalue weighted by molar-refractivity contribution is 5.84. The molecule has 0 aliphatic carbocycles. The first-order chi connectivity index (χ1) is 22.0. The van der Waals surface area contributed by atoms with Crippen molar-refractivity contribution >= 4 is 46.7 Å². The fourth-order valence-corrected chi connectivity index (χ4v) is 2.07. The van der Waals surface area contributed by atoms with E-state index in [-0.39, 0.29) is 12.5 Å². The first-order valence-corrected chi connectivity index (χ1v) is 13.6. The van der Waals surface area contributed by atoms with Crippen molar-refractivity contribution in [3.63, 3.8) is 0 Å². The van der Waals surface area contributed by atoms with Crippen LogP contribution in [0, 0.1) is 5.92 Å². The number of carbonyl (C=O) groups is 6. The second-order valence-corrected chi connectivity index (χ2v) is 9.60. The number of rotatable bonds is 11. The molecular weight excluding hydrogens is 646 g/mol. The van der Waals surface area contributed by atoms with Crippen molar-refractivity contribution in [2.45, 2.75) is 57.4 Å². The summed E-state index contributed by atoms with van der Waals surface area (Å²) in [6.07, 6.45) is 2.16. The minimum absolute atomic E-state index is 0.0208. The summed E-state index contributed by atoms with van der Waals surface area (Å²) in [6, 6.07) is 3.22. The van der Waals surface area contributed by atoms with Crippen molar-refractivity contribution in [3.8, 4) is 0 Å². The molecular formula is C27H49N7O14. The third kappa shape index (κ3) is 27.6. The Kier molecular flexibility index (Phi) is 29.7. The van der Waals surface area contributed by atoms with Crippen molar-refractivity contribution < 1.29 is 69.6 Å². The van der Waals surface area contributed by atoms with Gasteiger partial charge in [-0.2, -0.15) is 0 Å². The number of benzene rings is 1. The van der Waals surface area contributed by atoms with Gasteiger partial charge < -0.3 is 80.2 Å². The number of carboxylic acid groups (broad SMARTS) is 6. The summed E-state index contributed by atoms with van der Waals surface area (Å²) in [5.41, 5.74) is 31.5. The van der Waals surface area contributed by atoms with E-state index in [1.165, 1.54) is 6.92 Å². The van der Waals surface area contributed by atoms with Gasteiger partial charge in [0, 0.05) is 23.5 Å². The molecule has 276 valence electrons. The Morgan fingerprint density at radius 1 is 0.667 bits per heavy atom. The van der Waals surface area contributed by atoms with Gasteiger partial charge in [0.2, 0.25) is 0 Å². The van der Waals surface area contributed by atoms with Crippen LogP contribution >= 0.6 is 0 Å². The summed E-state index contributed by atoms with van der Waals surface area (Å²) in [7, 11) is 0. The molecule has 0 bridgehead atoms. The van der Waals surface area contributed by atoms with Crippen LogP contribution in [-0.2, 0) is 35.2 Å². The van der Waals surface area contributed by atoms with E-state index in [1.54, 1.807) is 13.8 Å². The molecule has 2 aromatic rings. The van der Waals surface area contributed by atoms with Gasteiger partial charge in [-0.15, -0.1) is 0 Å². The Balaban J connectivity index is -0.000000256. The van der Waals surface area contributed by atoms with Crippen molar-refractivity contribution in [2.24, 2.45) is 40.3 Å². The van der Waals surface area contributed by atoms with Gasteiger partial charge in [-0.1, -0.05) is 32.0 Å². The Labute approximate surface area is 275 Å². The van der Waals surface area contributed by atoms with Crippen LogP contribution in [-0.4, -0.2) is 132 Å². The molecule has 2 rings (SSSR count).